The van der Waals surface area contributed by atoms with E-state index < -0.39 is 40.4 Å². The van der Waals surface area contributed by atoms with Crippen molar-refractivity contribution in [2.75, 3.05) is 52.4 Å². The van der Waals surface area contributed by atoms with Crippen LogP contribution in [0, 0.1) is 0 Å². The number of aromatic amines is 1. The van der Waals surface area contributed by atoms with E-state index in [2.05, 4.69) is 21.8 Å². The van der Waals surface area contributed by atoms with E-state index in [1.807, 2.05) is 23.2 Å². The first kappa shape index (κ1) is 31.8. The lowest BCUT2D eigenvalue weighted by molar-refractivity contribution is -0.143. The summed E-state index contributed by atoms with van der Waals surface area (Å²) in [6, 6.07) is 8.20. The predicted molar refractivity (Wildman–Crippen MR) is 152 cm³/mol. The fourth-order valence-corrected chi connectivity index (χ4v) is 6.35. The molecule has 3 heterocycles. The molecule has 1 N–H and O–H groups in total. The summed E-state index contributed by atoms with van der Waals surface area (Å²) in [5.74, 6) is 0.749. The minimum absolute atomic E-state index is 0.00910. The first-order valence-electron chi connectivity index (χ1n) is 14.4. The molecule has 44 heavy (non-hydrogen) atoms. The third-order valence-corrected chi connectivity index (χ3v) is 8.52. The van der Waals surface area contributed by atoms with Gasteiger partial charge in [0.1, 0.15) is 11.5 Å². The topological polar surface area (TPSA) is 62.9 Å². The third kappa shape index (κ3) is 6.41. The van der Waals surface area contributed by atoms with Gasteiger partial charge in [-0.15, -0.1) is 0 Å². The molecule has 0 spiro atoms. The standard InChI is InChI=1S/C31H33F6N5O2/c1-2-7-39-8-11-41(12-9-39)42-13-10-40(14-15-43)29(21-42,19-23-20-38-27-6-4-3-5-26(23)27)28(44)22-16-24(30(32,33)34)18-25(17-22)31(35,36)37/h3-6,14,16-18,20,38H,2,7-13,19,21H2,1H3. The van der Waals surface area contributed by atoms with E-state index in [4.69, 9.17) is 0 Å². The number of fused-ring (bicyclic) bond motifs is 1. The number of H-pyrrole nitrogens is 1. The number of halogens is 6. The number of Topliss-reactive ketones (excluding diaryl/α,β-unsaturated/α-hetero) is 1. The van der Waals surface area contributed by atoms with Crippen molar-refractivity contribution in [3.8, 4) is 0 Å². The summed E-state index contributed by atoms with van der Waals surface area (Å²) < 4.78 is 83.0. The highest BCUT2D eigenvalue weighted by Gasteiger charge is 2.50. The number of hydrogen-bond acceptors (Lipinski definition) is 6. The van der Waals surface area contributed by atoms with Crippen molar-refractivity contribution >= 4 is 22.6 Å². The number of nitrogens with one attached hydrogen (secondary N) is 1. The number of rotatable bonds is 8. The van der Waals surface area contributed by atoms with E-state index in [1.54, 1.807) is 18.2 Å². The Hall–Kier alpha value is -3.64. The molecule has 1 unspecified atom stereocenters. The van der Waals surface area contributed by atoms with Crippen LogP contribution in [0.15, 0.2) is 54.9 Å². The summed E-state index contributed by atoms with van der Waals surface area (Å²) in [5, 5.41) is 4.78. The van der Waals surface area contributed by atoms with Crippen LogP contribution in [-0.4, -0.2) is 94.4 Å². The molecular formula is C31H33F6N5O2. The van der Waals surface area contributed by atoms with Gasteiger partial charge in [-0.1, -0.05) is 25.1 Å². The van der Waals surface area contributed by atoms with Gasteiger partial charge < -0.3 is 14.8 Å². The van der Waals surface area contributed by atoms with Gasteiger partial charge in [-0.25, -0.2) is 14.8 Å². The summed E-state index contributed by atoms with van der Waals surface area (Å²) in [5.41, 5.74) is -4.22. The zero-order valence-corrected chi connectivity index (χ0v) is 24.1. The third-order valence-electron chi connectivity index (χ3n) is 8.52. The van der Waals surface area contributed by atoms with Crippen molar-refractivity contribution in [3.63, 3.8) is 0 Å². The molecule has 0 amide bonds. The zero-order chi connectivity index (χ0) is 31.7. The van der Waals surface area contributed by atoms with Gasteiger partial charge in [0.15, 0.2) is 5.78 Å². The second kappa shape index (κ2) is 12.4. The predicted octanol–water partition coefficient (Wildman–Crippen LogP) is 5.28. The maximum Gasteiger partial charge on any atom is 0.416 e. The van der Waals surface area contributed by atoms with Crippen LogP contribution in [0.1, 0.15) is 40.4 Å². The maximum absolute atomic E-state index is 14.6. The monoisotopic (exact) mass is 621 g/mol. The Morgan fingerprint density at radius 3 is 2.18 bits per heavy atom. The van der Waals surface area contributed by atoms with Crippen LogP contribution in [0.25, 0.3) is 10.9 Å². The molecule has 1 aromatic heterocycles. The van der Waals surface area contributed by atoms with E-state index in [0.717, 1.165) is 43.2 Å². The first-order chi connectivity index (χ1) is 20.9. The number of para-hydroxylation sites is 1. The molecule has 0 bridgehead atoms. The molecule has 2 aliphatic heterocycles. The Morgan fingerprint density at radius 1 is 0.932 bits per heavy atom. The second-order valence-electron chi connectivity index (χ2n) is 11.3. The molecule has 7 nitrogen and oxygen atoms in total. The molecule has 2 aromatic carbocycles. The largest absolute Gasteiger partial charge is 0.416 e. The van der Waals surface area contributed by atoms with Crippen molar-refractivity contribution in [3.05, 3.63) is 77.1 Å². The maximum atomic E-state index is 14.6. The number of benzene rings is 2. The van der Waals surface area contributed by atoms with Gasteiger partial charge in [-0.05, 0) is 42.8 Å². The first-order valence-corrected chi connectivity index (χ1v) is 14.4. The molecule has 0 radical (unpaired) electrons. The van der Waals surface area contributed by atoms with E-state index in [0.29, 0.717) is 37.3 Å². The minimum atomic E-state index is -5.13. The average molecular weight is 622 g/mol. The quantitative estimate of drug-likeness (QED) is 0.210. The number of carbonyl (C=O) groups is 1. The molecule has 5 rings (SSSR count). The van der Waals surface area contributed by atoms with Crippen molar-refractivity contribution in [2.45, 2.75) is 37.7 Å². The van der Waals surface area contributed by atoms with E-state index in [-0.39, 0.29) is 25.6 Å². The second-order valence-corrected chi connectivity index (χ2v) is 11.3. The number of piperazine rings is 2. The molecule has 236 valence electrons. The number of ketones is 1. The summed E-state index contributed by atoms with van der Waals surface area (Å²) in [6.45, 7) is 6.32. The van der Waals surface area contributed by atoms with Crippen LogP contribution in [-0.2, 0) is 23.6 Å². The number of carbonyl (C=O) groups excluding carboxylic acids is 2. The number of aromatic nitrogens is 1. The number of nitrogens with zero attached hydrogens (tertiary/aromatic N) is 4. The molecule has 2 aliphatic rings. The smallest absolute Gasteiger partial charge is 0.361 e. The van der Waals surface area contributed by atoms with Crippen LogP contribution >= 0.6 is 0 Å². The zero-order valence-electron chi connectivity index (χ0n) is 24.1. The van der Waals surface area contributed by atoms with Crippen LogP contribution in [0.5, 0.6) is 0 Å². The van der Waals surface area contributed by atoms with Crippen LogP contribution < -0.4 is 0 Å². The van der Waals surface area contributed by atoms with Gasteiger partial charge in [0.05, 0.1) is 17.3 Å². The minimum Gasteiger partial charge on any atom is -0.361 e. The lowest BCUT2D eigenvalue weighted by Crippen LogP contribution is -2.69. The highest BCUT2D eigenvalue weighted by Crippen LogP contribution is 2.39. The summed E-state index contributed by atoms with van der Waals surface area (Å²) in [4.78, 5) is 33.2. The van der Waals surface area contributed by atoms with E-state index in [1.165, 1.54) is 4.90 Å². The lowest BCUT2D eigenvalue weighted by atomic mass is 9.79. The Morgan fingerprint density at radius 2 is 1.57 bits per heavy atom. The Balaban J connectivity index is 1.63. The number of hydrogen-bond donors (Lipinski definition) is 1. The van der Waals surface area contributed by atoms with Gasteiger partial charge in [0.25, 0.3) is 0 Å². The van der Waals surface area contributed by atoms with Crippen molar-refractivity contribution in [1.82, 2.24) is 24.8 Å². The summed E-state index contributed by atoms with van der Waals surface area (Å²) in [6.07, 6.45) is -6.62. The molecule has 13 heteroatoms. The number of alkyl halides is 6. The Bertz CT molecular complexity index is 1510. The highest BCUT2D eigenvalue weighted by atomic mass is 19.4. The molecule has 2 fully saturated rings. The van der Waals surface area contributed by atoms with E-state index in [9.17, 15) is 35.9 Å². The normalized spacial score (nSPS) is 21.0. The van der Waals surface area contributed by atoms with Gasteiger partial charge in [0.2, 0.25) is 0 Å². The summed E-state index contributed by atoms with van der Waals surface area (Å²) in [7, 11) is 0. The fourth-order valence-electron chi connectivity index (χ4n) is 6.35. The van der Waals surface area contributed by atoms with E-state index >= 15 is 0 Å². The van der Waals surface area contributed by atoms with Gasteiger partial charge in [-0.3, -0.25) is 4.79 Å². The van der Waals surface area contributed by atoms with Crippen LogP contribution in [0.2, 0.25) is 0 Å². The Kier molecular flexibility index (Phi) is 8.95. The SMILES string of the molecule is CCCN1CCN(N2CCN(C=C=O)C(Cc3c[nH]c4ccccc34)(C(=O)c3cc(C(F)(F)F)cc(C(F)(F)F)c3)C2)CC1. The molecule has 3 aromatic rings. The average Bonchev–Trinajstić information content (AvgIpc) is 3.39. The summed E-state index contributed by atoms with van der Waals surface area (Å²) >= 11 is 0. The van der Waals surface area contributed by atoms with Crippen LogP contribution in [0.3, 0.4) is 0 Å². The molecule has 2 saturated heterocycles. The fraction of sp³-hybridized carbons (Fsp3) is 0.452. The molecule has 0 saturated carbocycles. The van der Waals surface area contributed by atoms with Gasteiger partial charge in [0, 0.05) is 74.9 Å². The van der Waals surface area contributed by atoms with Crippen molar-refractivity contribution in [2.24, 2.45) is 0 Å². The van der Waals surface area contributed by atoms with Crippen LogP contribution in [0.4, 0.5) is 26.3 Å². The molecule has 0 aliphatic carbocycles. The lowest BCUT2D eigenvalue weighted by Gasteiger charge is -2.53. The molecular weight excluding hydrogens is 588 g/mol. The molecule has 1 atom stereocenters. The van der Waals surface area contributed by atoms with Gasteiger partial charge >= 0.3 is 12.4 Å². The Labute approximate surface area is 250 Å². The number of hydrazine groups is 1. The highest BCUT2D eigenvalue weighted by molar-refractivity contribution is 6.04. The van der Waals surface area contributed by atoms with Crippen molar-refractivity contribution in [1.29, 1.82) is 0 Å². The van der Waals surface area contributed by atoms with Crippen molar-refractivity contribution < 1.29 is 35.9 Å². The van der Waals surface area contributed by atoms with Gasteiger partial charge in [-0.2, -0.15) is 26.3 Å².